The number of rotatable bonds is 3. The second-order valence-electron chi connectivity index (χ2n) is 3.91. The lowest BCUT2D eigenvalue weighted by molar-refractivity contribution is -0.121. The maximum absolute atomic E-state index is 11.7. The summed E-state index contributed by atoms with van der Waals surface area (Å²) >= 11 is 7.91. The number of halogens is 2. The molecule has 4 nitrogen and oxygen atoms in total. The lowest BCUT2D eigenvalue weighted by Crippen LogP contribution is -2.42. The summed E-state index contributed by atoms with van der Waals surface area (Å²) in [6.45, 7) is 0. The molecule has 7 heteroatoms. The van der Waals surface area contributed by atoms with Crippen LogP contribution in [0.25, 0.3) is 0 Å². The van der Waals surface area contributed by atoms with Gasteiger partial charge in [-0.15, -0.1) is 11.3 Å². The van der Waals surface area contributed by atoms with Crippen molar-refractivity contribution in [3.63, 3.8) is 0 Å². The van der Waals surface area contributed by atoms with Gasteiger partial charge in [-0.25, -0.2) is 0 Å². The number of carbonyl (C=O) groups is 2. The molecule has 2 rings (SSSR count). The van der Waals surface area contributed by atoms with Gasteiger partial charge >= 0.3 is 0 Å². The summed E-state index contributed by atoms with van der Waals surface area (Å²) in [5.74, 6) is -0.596. The van der Waals surface area contributed by atoms with Crippen molar-refractivity contribution in [1.82, 2.24) is 10.9 Å². The predicted molar refractivity (Wildman–Crippen MR) is 85.5 cm³/mol. The number of hydrogen-bond donors (Lipinski definition) is 2. The average Bonchev–Trinajstić information content (AvgIpc) is 2.85. The summed E-state index contributed by atoms with van der Waals surface area (Å²) in [5, 5.41) is 0. The molecule has 0 saturated heterocycles. The molecule has 0 aliphatic carbocycles. The Hall–Kier alpha value is -1.18. The Balaban J connectivity index is 1.83. The molecule has 2 amide bonds. The summed E-state index contributed by atoms with van der Waals surface area (Å²) < 4.78 is 1.82. The zero-order chi connectivity index (χ0) is 14.5. The molecule has 0 unspecified atom stereocenters. The Morgan fingerprint density at radius 1 is 1.00 bits per heavy atom. The van der Waals surface area contributed by atoms with Crippen LogP contribution in [0.5, 0.6) is 0 Å². The van der Waals surface area contributed by atoms with Gasteiger partial charge in [0.25, 0.3) is 5.91 Å². The van der Waals surface area contributed by atoms with E-state index in [-0.39, 0.29) is 18.2 Å². The number of amides is 2. The molecule has 20 heavy (non-hydrogen) atoms. The molecule has 2 aromatic rings. The molecule has 2 N–H and O–H groups in total. The largest absolute Gasteiger partial charge is 0.279 e. The zero-order valence-corrected chi connectivity index (χ0v) is 14.1. The van der Waals surface area contributed by atoms with Gasteiger partial charge in [-0.05, 0) is 45.8 Å². The molecule has 0 bridgehead atoms. The second-order valence-corrected chi connectivity index (χ2v) is 7.29. The fourth-order valence-electron chi connectivity index (χ4n) is 1.46. The van der Waals surface area contributed by atoms with Gasteiger partial charge < -0.3 is 0 Å². The van der Waals surface area contributed by atoms with E-state index in [2.05, 4.69) is 42.7 Å². The van der Waals surface area contributed by atoms with E-state index in [9.17, 15) is 9.59 Å². The van der Waals surface area contributed by atoms with Gasteiger partial charge in [0, 0.05) is 4.47 Å². The van der Waals surface area contributed by atoms with Crippen molar-refractivity contribution in [3.05, 3.63) is 55.1 Å². The fraction of sp³-hybridized carbons (Fsp3) is 0.0769. The molecule has 0 spiro atoms. The number of hydrazine groups is 1. The molecule has 104 valence electrons. The van der Waals surface area contributed by atoms with Crippen molar-refractivity contribution in [2.24, 2.45) is 0 Å². The molecule has 0 fully saturated rings. The van der Waals surface area contributed by atoms with Gasteiger partial charge in [0.15, 0.2) is 0 Å². The molecular weight excluding hydrogens is 408 g/mol. The first-order chi connectivity index (χ1) is 9.54. The van der Waals surface area contributed by atoms with E-state index in [4.69, 9.17) is 0 Å². The highest BCUT2D eigenvalue weighted by Crippen LogP contribution is 2.21. The van der Waals surface area contributed by atoms with Crippen LogP contribution >= 0.6 is 43.2 Å². The van der Waals surface area contributed by atoms with Crippen molar-refractivity contribution in [2.45, 2.75) is 6.42 Å². The van der Waals surface area contributed by atoms with E-state index in [0.29, 0.717) is 4.88 Å². The van der Waals surface area contributed by atoms with Crippen LogP contribution < -0.4 is 10.9 Å². The predicted octanol–water partition coefficient (Wildman–Crippen LogP) is 3.28. The Morgan fingerprint density at radius 3 is 2.30 bits per heavy atom. The molecule has 1 heterocycles. The zero-order valence-electron chi connectivity index (χ0n) is 10.2. The van der Waals surface area contributed by atoms with Crippen LogP contribution in [0.1, 0.15) is 15.2 Å². The quantitative estimate of drug-likeness (QED) is 0.753. The van der Waals surface area contributed by atoms with Crippen molar-refractivity contribution in [1.29, 1.82) is 0 Å². The monoisotopic (exact) mass is 416 g/mol. The van der Waals surface area contributed by atoms with Gasteiger partial charge in [0.05, 0.1) is 15.1 Å². The van der Waals surface area contributed by atoms with Crippen LogP contribution in [-0.2, 0) is 11.2 Å². The highest BCUT2D eigenvalue weighted by atomic mass is 79.9. The van der Waals surface area contributed by atoms with Crippen LogP contribution in [0.3, 0.4) is 0 Å². The van der Waals surface area contributed by atoms with Crippen molar-refractivity contribution in [2.75, 3.05) is 0 Å². The number of nitrogens with one attached hydrogen (secondary N) is 2. The number of benzene rings is 1. The van der Waals surface area contributed by atoms with Gasteiger partial charge in [-0.3, -0.25) is 20.4 Å². The van der Waals surface area contributed by atoms with Crippen LogP contribution in [0.2, 0.25) is 0 Å². The maximum Gasteiger partial charge on any atom is 0.279 e. The molecule has 1 aromatic carbocycles. The molecule has 0 radical (unpaired) electrons. The normalized spacial score (nSPS) is 10.1. The Morgan fingerprint density at radius 2 is 1.70 bits per heavy atom. The third-order valence-corrected chi connectivity index (χ3v) is 4.54. The molecule has 1 aromatic heterocycles. The minimum absolute atomic E-state index is 0.210. The number of thiophene rings is 1. The Kier molecular flexibility index (Phi) is 5.33. The molecule has 0 saturated carbocycles. The summed E-state index contributed by atoms with van der Waals surface area (Å²) in [5.41, 5.74) is 5.65. The Bertz CT molecular complexity index is 626. The minimum Gasteiger partial charge on any atom is -0.273 e. The lowest BCUT2D eigenvalue weighted by atomic mass is 10.1. The van der Waals surface area contributed by atoms with E-state index in [0.717, 1.165) is 13.8 Å². The lowest BCUT2D eigenvalue weighted by Gasteiger charge is -2.06. The summed E-state index contributed by atoms with van der Waals surface area (Å²) in [6, 6.07) is 10.9. The summed E-state index contributed by atoms with van der Waals surface area (Å²) in [7, 11) is 0. The molecule has 0 atom stereocenters. The summed E-state index contributed by atoms with van der Waals surface area (Å²) in [4.78, 5) is 23.9. The maximum atomic E-state index is 11.7. The van der Waals surface area contributed by atoms with Crippen molar-refractivity contribution >= 4 is 55.0 Å². The van der Waals surface area contributed by atoms with E-state index >= 15 is 0 Å². The number of carbonyl (C=O) groups excluding carboxylic acids is 2. The van der Waals surface area contributed by atoms with Crippen molar-refractivity contribution in [3.8, 4) is 0 Å². The topological polar surface area (TPSA) is 58.2 Å². The SMILES string of the molecule is O=C(Cc1ccc(Br)cc1)NNC(=O)c1ccc(Br)s1. The third-order valence-electron chi connectivity index (χ3n) is 2.39. The molecular formula is C13H10Br2N2O2S. The minimum atomic E-state index is -0.329. The van der Waals surface area contributed by atoms with Crippen LogP contribution in [0.4, 0.5) is 0 Å². The standard InChI is InChI=1S/C13H10Br2N2O2S/c14-9-3-1-8(2-4-9)7-12(18)16-17-13(19)10-5-6-11(15)20-10/h1-6H,7H2,(H,16,18)(H,17,19). The van der Waals surface area contributed by atoms with E-state index in [1.807, 2.05) is 24.3 Å². The first kappa shape index (κ1) is 15.2. The van der Waals surface area contributed by atoms with Crippen molar-refractivity contribution < 1.29 is 9.59 Å². The van der Waals surface area contributed by atoms with Crippen LogP contribution in [-0.4, -0.2) is 11.8 Å². The van der Waals surface area contributed by atoms with Gasteiger partial charge in [-0.2, -0.15) is 0 Å². The third kappa shape index (κ3) is 4.43. The van der Waals surface area contributed by atoms with Gasteiger partial charge in [0.1, 0.15) is 0 Å². The smallest absolute Gasteiger partial charge is 0.273 e. The highest BCUT2D eigenvalue weighted by Gasteiger charge is 2.10. The fourth-order valence-corrected chi connectivity index (χ4v) is 3.00. The number of hydrogen-bond acceptors (Lipinski definition) is 3. The van der Waals surface area contributed by atoms with Crippen LogP contribution in [0, 0.1) is 0 Å². The van der Waals surface area contributed by atoms with E-state index in [1.165, 1.54) is 11.3 Å². The van der Waals surface area contributed by atoms with E-state index < -0.39 is 0 Å². The first-order valence-electron chi connectivity index (χ1n) is 5.63. The second kappa shape index (κ2) is 7.01. The first-order valence-corrected chi connectivity index (χ1v) is 8.04. The van der Waals surface area contributed by atoms with Gasteiger partial charge in [0.2, 0.25) is 5.91 Å². The highest BCUT2D eigenvalue weighted by molar-refractivity contribution is 9.11. The Labute approximate surface area is 136 Å². The van der Waals surface area contributed by atoms with Gasteiger partial charge in [-0.1, -0.05) is 28.1 Å². The molecule has 0 aliphatic rings. The summed E-state index contributed by atoms with van der Waals surface area (Å²) in [6.07, 6.45) is 0.210. The molecule has 0 aliphatic heterocycles. The average molecular weight is 418 g/mol. The van der Waals surface area contributed by atoms with E-state index in [1.54, 1.807) is 12.1 Å². The van der Waals surface area contributed by atoms with Crippen LogP contribution in [0.15, 0.2) is 44.7 Å².